The Hall–Kier alpha value is -2.38. The summed E-state index contributed by atoms with van der Waals surface area (Å²) < 4.78 is 5.30. The van der Waals surface area contributed by atoms with Gasteiger partial charge in [-0.05, 0) is 43.5 Å². The van der Waals surface area contributed by atoms with Gasteiger partial charge in [0.15, 0.2) is 0 Å². The van der Waals surface area contributed by atoms with E-state index in [0.717, 1.165) is 0 Å². The van der Waals surface area contributed by atoms with Crippen molar-refractivity contribution >= 4 is 0 Å². The number of hydrogen-bond donors (Lipinski definition) is 0. The van der Waals surface area contributed by atoms with Crippen molar-refractivity contribution in [3.8, 4) is 11.8 Å². The lowest BCUT2D eigenvalue weighted by molar-refractivity contribution is -0.169. The average Bonchev–Trinajstić information content (AvgIpc) is 2.67. The Morgan fingerprint density at radius 3 is 2.44 bits per heavy atom. The number of allylic oxidation sites excluding steroid dienone is 1. The highest BCUT2D eigenvalue weighted by Gasteiger charge is 2.10. The van der Waals surface area contributed by atoms with Gasteiger partial charge in [-0.2, -0.15) is 5.06 Å². The Morgan fingerprint density at radius 1 is 1.04 bits per heavy atom. The maximum absolute atomic E-state index is 6.09. The van der Waals surface area contributed by atoms with Crippen LogP contribution < -0.4 is 0 Å². The fourth-order valence-corrected chi connectivity index (χ4v) is 2.38. The van der Waals surface area contributed by atoms with Crippen molar-refractivity contribution in [2.24, 2.45) is 0 Å². The molecule has 3 heteroatoms. The molecule has 0 unspecified atom stereocenters. The Kier molecular flexibility index (Phi) is 8.29. The molecule has 3 nitrogen and oxygen atoms in total. The summed E-state index contributed by atoms with van der Waals surface area (Å²) in [6.07, 6.45) is 3.87. The fraction of sp³-hybridized carbons (Fsp3) is 0.333. The van der Waals surface area contributed by atoms with Gasteiger partial charge in [-0.15, -0.1) is 0 Å². The lowest BCUT2D eigenvalue weighted by Gasteiger charge is -2.21. The molecule has 0 bridgehead atoms. The van der Waals surface area contributed by atoms with E-state index in [2.05, 4.69) is 43.0 Å². The van der Waals surface area contributed by atoms with Gasteiger partial charge >= 0.3 is 0 Å². The van der Waals surface area contributed by atoms with Crippen LogP contribution in [0.15, 0.2) is 66.7 Å². The second-order valence-electron chi connectivity index (χ2n) is 6.89. The van der Waals surface area contributed by atoms with Crippen molar-refractivity contribution in [1.82, 2.24) is 5.06 Å². The van der Waals surface area contributed by atoms with Crippen LogP contribution in [0.4, 0.5) is 0 Å². The zero-order valence-electron chi connectivity index (χ0n) is 16.7. The van der Waals surface area contributed by atoms with E-state index in [1.807, 2.05) is 61.4 Å². The van der Waals surface area contributed by atoms with Crippen LogP contribution in [0.1, 0.15) is 30.5 Å². The minimum absolute atomic E-state index is 0.435. The minimum Gasteiger partial charge on any atom is -0.366 e. The number of ether oxygens (including phenoxy) is 1. The van der Waals surface area contributed by atoms with Gasteiger partial charge in [-0.3, -0.25) is 4.84 Å². The number of methoxy groups -OCH3 is 1. The van der Waals surface area contributed by atoms with Crippen LogP contribution in [0.2, 0.25) is 0 Å². The van der Waals surface area contributed by atoms with Gasteiger partial charge in [0.25, 0.3) is 0 Å². The Labute approximate surface area is 163 Å². The number of hydrogen-bond acceptors (Lipinski definition) is 3. The Balaban J connectivity index is 2.00. The highest BCUT2D eigenvalue weighted by Crippen LogP contribution is 2.12. The standard InChI is InChI=1S/C24H29NO2/c1-21-13-9-10-16-23(21)20-27-25(19-22-14-7-5-8-15-22)18-12-6-11-17-24(2,3)26-4/h5-10,12-16H,18-20H2,1-4H3/b12-6-. The summed E-state index contributed by atoms with van der Waals surface area (Å²) in [5.74, 6) is 6.12. The van der Waals surface area contributed by atoms with E-state index in [9.17, 15) is 0 Å². The molecule has 0 aliphatic heterocycles. The summed E-state index contributed by atoms with van der Waals surface area (Å²) in [4.78, 5) is 6.09. The SMILES string of the molecule is COC(C)(C)C#C/C=C\CN(Cc1ccccc1)OCc1ccccc1C. The lowest BCUT2D eigenvalue weighted by Crippen LogP contribution is -2.24. The third-order valence-corrected chi connectivity index (χ3v) is 4.26. The summed E-state index contributed by atoms with van der Waals surface area (Å²) in [5, 5.41) is 1.96. The molecule has 0 aromatic heterocycles. The predicted octanol–water partition coefficient (Wildman–Crippen LogP) is 4.91. The van der Waals surface area contributed by atoms with Crippen molar-refractivity contribution in [2.75, 3.05) is 13.7 Å². The van der Waals surface area contributed by atoms with E-state index in [1.54, 1.807) is 7.11 Å². The van der Waals surface area contributed by atoms with Crippen LogP contribution >= 0.6 is 0 Å². The maximum Gasteiger partial charge on any atom is 0.123 e. The third kappa shape index (κ3) is 7.80. The van der Waals surface area contributed by atoms with E-state index >= 15 is 0 Å². The molecular formula is C24H29NO2. The predicted molar refractivity (Wildman–Crippen MR) is 111 cm³/mol. The normalized spacial score (nSPS) is 11.6. The van der Waals surface area contributed by atoms with Crippen LogP contribution in [0, 0.1) is 18.8 Å². The van der Waals surface area contributed by atoms with Gasteiger partial charge in [-0.1, -0.05) is 72.5 Å². The van der Waals surface area contributed by atoms with Crippen LogP contribution in [-0.2, 0) is 22.7 Å². The molecule has 0 spiro atoms. The number of nitrogens with zero attached hydrogens (tertiary/aromatic N) is 1. The lowest BCUT2D eigenvalue weighted by atomic mass is 10.1. The minimum atomic E-state index is -0.435. The molecule has 0 amide bonds. The first-order valence-corrected chi connectivity index (χ1v) is 9.19. The molecule has 0 aliphatic rings. The molecule has 2 rings (SSSR count). The summed E-state index contributed by atoms with van der Waals surface area (Å²) >= 11 is 0. The van der Waals surface area contributed by atoms with Gasteiger partial charge in [-0.25, -0.2) is 0 Å². The first-order valence-electron chi connectivity index (χ1n) is 9.19. The molecule has 27 heavy (non-hydrogen) atoms. The second kappa shape index (κ2) is 10.7. The van der Waals surface area contributed by atoms with Crippen molar-refractivity contribution in [3.63, 3.8) is 0 Å². The summed E-state index contributed by atoms with van der Waals surface area (Å²) in [5.41, 5.74) is 3.21. The molecule has 0 fully saturated rings. The summed E-state index contributed by atoms with van der Waals surface area (Å²) in [6, 6.07) is 18.6. The molecule has 0 atom stereocenters. The molecule has 0 radical (unpaired) electrons. The average molecular weight is 364 g/mol. The molecule has 2 aromatic carbocycles. The Morgan fingerprint density at radius 2 is 1.74 bits per heavy atom. The van der Waals surface area contributed by atoms with E-state index in [-0.39, 0.29) is 0 Å². The van der Waals surface area contributed by atoms with E-state index < -0.39 is 5.60 Å². The highest BCUT2D eigenvalue weighted by molar-refractivity contribution is 5.25. The van der Waals surface area contributed by atoms with Crippen molar-refractivity contribution in [2.45, 2.75) is 39.5 Å². The molecular weight excluding hydrogens is 334 g/mol. The topological polar surface area (TPSA) is 21.7 Å². The van der Waals surface area contributed by atoms with Crippen LogP contribution in [0.25, 0.3) is 0 Å². The smallest absolute Gasteiger partial charge is 0.123 e. The molecule has 0 saturated carbocycles. The number of aryl methyl sites for hydroxylation is 1. The largest absolute Gasteiger partial charge is 0.366 e. The van der Waals surface area contributed by atoms with Crippen LogP contribution in [0.3, 0.4) is 0 Å². The third-order valence-electron chi connectivity index (χ3n) is 4.26. The van der Waals surface area contributed by atoms with Gasteiger partial charge in [0.1, 0.15) is 5.60 Å². The number of hydroxylamine groups is 2. The fourth-order valence-electron chi connectivity index (χ4n) is 2.38. The summed E-state index contributed by atoms with van der Waals surface area (Å²) in [7, 11) is 1.67. The maximum atomic E-state index is 6.09. The van der Waals surface area contributed by atoms with Crippen molar-refractivity contribution in [1.29, 1.82) is 0 Å². The first kappa shape index (κ1) is 20.9. The van der Waals surface area contributed by atoms with Gasteiger partial charge < -0.3 is 4.74 Å². The van der Waals surface area contributed by atoms with E-state index in [1.165, 1.54) is 16.7 Å². The summed E-state index contributed by atoms with van der Waals surface area (Å²) in [6.45, 7) is 7.92. The zero-order valence-corrected chi connectivity index (χ0v) is 16.7. The molecule has 0 saturated heterocycles. The highest BCUT2D eigenvalue weighted by atomic mass is 16.7. The van der Waals surface area contributed by atoms with Crippen LogP contribution in [0.5, 0.6) is 0 Å². The second-order valence-corrected chi connectivity index (χ2v) is 6.89. The van der Waals surface area contributed by atoms with Crippen molar-refractivity contribution in [3.05, 3.63) is 83.4 Å². The molecule has 2 aromatic rings. The van der Waals surface area contributed by atoms with E-state index in [0.29, 0.717) is 19.7 Å². The van der Waals surface area contributed by atoms with Gasteiger partial charge in [0, 0.05) is 20.2 Å². The van der Waals surface area contributed by atoms with Gasteiger partial charge in [0.05, 0.1) is 6.61 Å². The molecule has 142 valence electrons. The Bertz CT molecular complexity index is 785. The molecule has 0 heterocycles. The zero-order chi connectivity index (χ0) is 19.5. The monoisotopic (exact) mass is 363 g/mol. The molecule has 0 aliphatic carbocycles. The number of benzene rings is 2. The quantitative estimate of drug-likeness (QED) is 0.491. The first-order chi connectivity index (χ1) is 13.0. The van der Waals surface area contributed by atoms with E-state index in [4.69, 9.17) is 9.57 Å². The molecule has 0 N–H and O–H groups in total. The van der Waals surface area contributed by atoms with Gasteiger partial charge in [0.2, 0.25) is 0 Å². The van der Waals surface area contributed by atoms with Crippen LogP contribution in [-0.4, -0.2) is 24.3 Å². The number of rotatable bonds is 8. The van der Waals surface area contributed by atoms with Crippen molar-refractivity contribution < 1.29 is 9.57 Å².